The van der Waals surface area contributed by atoms with Gasteiger partial charge in [0.15, 0.2) is 0 Å². The van der Waals surface area contributed by atoms with Gasteiger partial charge in [0.05, 0.1) is 29.5 Å². The van der Waals surface area contributed by atoms with Crippen LogP contribution < -0.4 is 5.56 Å². The fourth-order valence-electron chi connectivity index (χ4n) is 4.90. The highest BCUT2D eigenvalue weighted by Crippen LogP contribution is 2.32. The molecule has 3 heterocycles. The number of aryl methyl sites for hydroxylation is 1. The van der Waals surface area contributed by atoms with E-state index < -0.39 is 10.0 Å². The van der Waals surface area contributed by atoms with Crippen LogP contribution in [0, 0.1) is 6.92 Å². The van der Waals surface area contributed by atoms with Crippen molar-refractivity contribution in [1.82, 2.24) is 14.5 Å². The number of nitrogens with zero attached hydrogens (tertiary/aromatic N) is 2. The molecule has 1 saturated heterocycles. The van der Waals surface area contributed by atoms with E-state index in [1.807, 2.05) is 6.07 Å². The molecule has 0 radical (unpaired) electrons. The maximum atomic E-state index is 13.9. The lowest BCUT2D eigenvalue weighted by Crippen LogP contribution is -2.37. The lowest BCUT2D eigenvalue weighted by molar-refractivity contribution is 0.0914. The molecule has 5 rings (SSSR count). The van der Waals surface area contributed by atoms with E-state index >= 15 is 0 Å². The van der Waals surface area contributed by atoms with E-state index in [0.717, 1.165) is 49.7 Å². The molecule has 3 aromatic rings. The Morgan fingerprint density at radius 2 is 1.97 bits per heavy atom. The van der Waals surface area contributed by atoms with E-state index in [2.05, 4.69) is 10.2 Å². The number of ether oxygens (including phenoxy) is 1. The third-order valence-corrected chi connectivity index (χ3v) is 8.67. The van der Waals surface area contributed by atoms with E-state index in [1.54, 1.807) is 37.5 Å². The minimum absolute atomic E-state index is 0.130. The molecular formula is C25H29N3O5S. The fraction of sp³-hybridized carbons (Fsp3) is 0.440. The van der Waals surface area contributed by atoms with E-state index in [-0.39, 0.29) is 29.6 Å². The highest BCUT2D eigenvalue weighted by Gasteiger charge is 2.31. The molecule has 0 unspecified atom stereocenters. The van der Waals surface area contributed by atoms with Crippen molar-refractivity contribution in [1.29, 1.82) is 0 Å². The number of fused-ring (bicyclic) bond motifs is 1. The summed E-state index contributed by atoms with van der Waals surface area (Å²) in [5.74, 6) is 0.576. The van der Waals surface area contributed by atoms with Crippen LogP contribution in [0.2, 0.25) is 0 Å². The van der Waals surface area contributed by atoms with Crippen LogP contribution in [0.5, 0.6) is 0 Å². The summed E-state index contributed by atoms with van der Waals surface area (Å²) in [5.41, 5.74) is 3.53. The average Bonchev–Trinajstić information content (AvgIpc) is 3.54. The Morgan fingerprint density at radius 1 is 1.15 bits per heavy atom. The summed E-state index contributed by atoms with van der Waals surface area (Å²) in [7, 11) is -3.86. The molecule has 34 heavy (non-hydrogen) atoms. The lowest BCUT2D eigenvalue weighted by Gasteiger charge is -2.25. The molecule has 180 valence electrons. The number of furan rings is 1. The normalized spacial score (nSPS) is 18.4. The quantitative estimate of drug-likeness (QED) is 0.551. The van der Waals surface area contributed by atoms with Crippen molar-refractivity contribution in [2.24, 2.45) is 0 Å². The Kier molecular flexibility index (Phi) is 6.42. The second-order valence-electron chi connectivity index (χ2n) is 9.06. The van der Waals surface area contributed by atoms with Crippen molar-refractivity contribution < 1.29 is 17.6 Å². The molecule has 0 saturated carbocycles. The van der Waals surface area contributed by atoms with Gasteiger partial charge in [0, 0.05) is 24.3 Å². The Balaban J connectivity index is 1.55. The SMILES string of the molecule is Cc1ccc(-c2n[nH]c(=O)c3c2CCCC3)cc1S(=O)(=O)N(Cc1ccco1)C[C@@H]1CCCO1. The first-order valence-electron chi connectivity index (χ1n) is 11.8. The van der Waals surface area contributed by atoms with Crippen molar-refractivity contribution in [3.63, 3.8) is 0 Å². The molecule has 0 spiro atoms. The number of aromatic amines is 1. The summed E-state index contributed by atoms with van der Waals surface area (Å²) in [5, 5.41) is 6.93. The van der Waals surface area contributed by atoms with Crippen LogP contribution in [0.15, 0.2) is 50.7 Å². The third-order valence-electron chi connectivity index (χ3n) is 6.72. The second kappa shape index (κ2) is 9.48. The molecule has 8 nitrogen and oxygen atoms in total. The Bertz CT molecular complexity index is 1330. The molecule has 2 aromatic heterocycles. The molecule has 0 bridgehead atoms. The summed E-state index contributed by atoms with van der Waals surface area (Å²) in [6, 6.07) is 8.90. The number of benzene rings is 1. The summed E-state index contributed by atoms with van der Waals surface area (Å²) >= 11 is 0. The van der Waals surface area contributed by atoms with Crippen LogP contribution in [0.4, 0.5) is 0 Å². The van der Waals surface area contributed by atoms with Crippen LogP contribution in [0.25, 0.3) is 11.3 Å². The molecule has 0 amide bonds. The minimum atomic E-state index is -3.86. The van der Waals surface area contributed by atoms with Gasteiger partial charge in [-0.3, -0.25) is 4.79 Å². The zero-order chi connectivity index (χ0) is 23.7. The maximum absolute atomic E-state index is 13.9. The first-order chi connectivity index (χ1) is 16.4. The van der Waals surface area contributed by atoms with Gasteiger partial charge in [-0.15, -0.1) is 0 Å². The third kappa shape index (κ3) is 4.47. The van der Waals surface area contributed by atoms with Crippen LogP contribution in [0.3, 0.4) is 0 Å². The number of rotatable bonds is 7. The average molecular weight is 484 g/mol. The number of hydrogen-bond acceptors (Lipinski definition) is 6. The summed E-state index contributed by atoms with van der Waals surface area (Å²) in [6.07, 6.45) is 6.60. The number of nitrogens with one attached hydrogen (secondary N) is 1. The van der Waals surface area contributed by atoms with E-state index in [4.69, 9.17) is 9.15 Å². The van der Waals surface area contributed by atoms with Crippen LogP contribution >= 0.6 is 0 Å². The topological polar surface area (TPSA) is 106 Å². The molecule has 1 aliphatic carbocycles. The largest absolute Gasteiger partial charge is 0.468 e. The Hall–Kier alpha value is -2.75. The molecule has 1 N–H and O–H groups in total. The highest BCUT2D eigenvalue weighted by molar-refractivity contribution is 7.89. The van der Waals surface area contributed by atoms with Crippen molar-refractivity contribution in [2.45, 2.75) is 63.0 Å². The van der Waals surface area contributed by atoms with Gasteiger partial charge < -0.3 is 9.15 Å². The van der Waals surface area contributed by atoms with E-state index in [0.29, 0.717) is 29.2 Å². The van der Waals surface area contributed by atoms with Gasteiger partial charge in [-0.2, -0.15) is 9.40 Å². The zero-order valence-corrected chi connectivity index (χ0v) is 20.1. The van der Waals surface area contributed by atoms with Crippen molar-refractivity contribution in [3.8, 4) is 11.3 Å². The van der Waals surface area contributed by atoms with Gasteiger partial charge in [-0.25, -0.2) is 13.5 Å². The number of sulfonamides is 1. The monoisotopic (exact) mass is 483 g/mol. The maximum Gasteiger partial charge on any atom is 0.267 e. The first-order valence-corrected chi connectivity index (χ1v) is 13.2. The zero-order valence-electron chi connectivity index (χ0n) is 19.2. The fourth-order valence-corrected chi connectivity index (χ4v) is 6.59. The van der Waals surface area contributed by atoms with Crippen molar-refractivity contribution >= 4 is 10.0 Å². The molecule has 1 aliphatic heterocycles. The van der Waals surface area contributed by atoms with Crippen LogP contribution in [-0.2, 0) is 34.1 Å². The first kappa shape index (κ1) is 23.0. The van der Waals surface area contributed by atoms with Gasteiger partial charge in [-0.1, -0.05) is 12.1 Å². The molecule has 1 fully saturated rings. The molecule has 2 aliphatic rings. The molecule has 1 aromatic carbocycles. The summed E-state index contributed by atoms with van der Waals surface area (Å²) in [6.45, 7) is 2.84. The van der Waals surface area contributed by atoms with Gasteiger partial charge in [-0.05, 0) is 74.8 Å². The Labute approximate surface area is 199 Å². The van der Waals surface area contributed by atoms with Gasteiger partial charge in [0.2, 0.25) is 10.0 Å². The summed E-state index contributed by atoms with van der Waals surface area (Å²) in [4.78, 5) is 12.5. The smallest absolute Gasteiger partial charge is 0.267 e. The minimum Gasteiger partial charge on any atom is -0.468 e. The predicted octanol–water partition coefficient (Wildman–Crippen LogP) is 3.59. The number of H-pyrrole nitrogens is 1. The predicted molar refractivity (Wildman–Crippen MR) is 127 cm³/mol. The second-order valence-corrected chi connectivity index (χ2v) is 11.0. The highest BCUT2D eigenvalue weighted by atomic mass is 32.2. The van der Waals surface area contributed by atoms with Crippen molar-refractivity contribution in [2.75, 3.05) is 13.2 Å². The molecular weight excluding hydrogens is 454 g/mol. The van der Waals surface area contributed by atoms with E-state index in [1.165, 1.54) is 4.31 Å². The summed E-state index contributed by atoms with van der Waals surface area (Å²) < 4.78 is 40.6. The van der Waals surface area contributed by atoms with E-state index in [9.17, 15) is 13.2 Å². The van der Waals surface area contributed by atoms with Crippen molar-refractivity contribution in [3.05, 3.63) is 69.4 Å². The van der Waals surface area contributed by atoms with Crippen LogP contribution in [-0.4, -0.2) is 42.2 Å². The van der Waals surface area contributed by atoms with Crippen LogP contribution in [0.1, 0.15) is 48.1 Å². The van der Waals surface area contributed by atoms with Gasteiger partial charge >= 0.3 is 0 Å². The van der Waals surface area contributed by atoms with Gasteiger partial charge in [0.1, 0.15) is 5.76 Å². The standard InChI is InChI=1S/C25H29N3O5S/c1-17-10-11-18(24-21-8-2-3-9-22(21)25(29)27-26-24)14-23(17)34(30,31)28(15-19-6-4-12-32-19)16-20-7-5-13-33-20/h4,6,10-12,14,20H,2-3,5,7-9,13,15-16H2,1H3,(H,27,29)/t20-/m0/s1. The number of aromatic nitrogens is 2. The number of hydrogen-bond donors (Lipinski definition) is 1. The lowest BCUT2D eigenvalue weighted by atomic mass is 9.90. The van der Waals surface area contributed by atoms with Gasteiger partial charge in [0.25, 0.3) is 5.56 Å². The molecule has 1 atom stereocenters. The Morgan fingerprint density at radius 3 is 2.71 bits per heavy atom. The molecule has 9 heteroatoms.